The van der Waals surface area contributed by atoms with Crippen molar-refractivity contribution in [2.45, 2.75) is 6.92 Å². The van der Waals surface area contributed by atoms with Crippen LogP contribution in [-0.4, -0.2) is 31.7 Å². The number of carbonyl (C=O) groups excluding carboxylic acids is 2. The fourth-order valence-electron chi connectivity index (χ4n) is 2.76. The zero-order valence-electron chi connectivity index (χ0n) is 17.9. The summed E-state index contributed by atoms with van der Waals surface area (Å²) in [5.74, 6) is -0.752. The first kappa shape index (κ1) is 23.7. The lowest BCUT2D eigenvalue weighted by molar-refractivity contribution is -0.118. The highest BCUT2D eigenvalue weighted by molar-refractivity contribution is 6.32. The van der Waals surface area contributed by atoms with E-state index in [4.69, 9.17) is 21.1 Å². The topological polar surface area (TPSA) is 89.0 Å². The minimum atomic E-state index is -0.454. The number of halogens is 2. The molecule has 2 amide bonds. The number of carbonyl (C=O) groups is 2. The molecule has 0 heterocycles. The second-order valence-corrected chi connectivity index (χ2v) is 7.35. The largest absolute Gasteiger partial charge is 0.493 e. The first-order valence-electron chi connectivity index (χ1n) is 9.81. The van der Waals surface area contributed by atoms with Crippen molar-refractivity contribution in [2.75, 3.05) is 19.0 Å². The van der Waals surface area contributed by atoms with E-state index in [1.165, 1.54) is 37.6 Å². The standard InChI is InChI=1S/C24H21ClFN3O4/c1-15-3-5-17(6-4-15)24(31)29-27-13-16-11-20(25)23(21(12-16)32-2)33-14-22(30)28-19-9-7-18(26)8-10-19/h3-13H,14H2,1-2H3,(H,28,30)(H,29,31). The molecule has 0 bridgehead atoms. The van der Waals surface area contributed by atoms with E-state index in [-0.39, 0.29) is 29.0 Å². The molecule has 0 aliphatic heterocycles. The van der Waals surface area contributed by atoms with Gasteiger partial charge >= 0.3 is 0 Å². The number of amides is 2. The number of rotatable bonds is 8. The number of benzene rings is 3. The van der Waals surface area contributed by atoms with Crippen LogP contribution in [0.5, 0.6) is 11.5 Å². The van der Waals surface area contributed by atoms with E-state index >= 15 is 0 Å². The average Bonchev–Trinajstić information content (AvgIpc) is 2.80. The van der Waals surface area contributed by atoms with Gasteiger partial charge in [0.05, 0.1) is 18.3 Å². The summed E-state index contributed by atoms with van der Waals surface area (Å²) in [6.45, 7) is 1.59. The third kappa shape index (κ3) is 6.78. The third-order valence-electron chi connectivity index (χ3n) is 4.42. The molecule has 0 fully saturated rings. The third-order valence-corrected chi connectivity index (χ3v) is 4.70. The molecule has 33 heavy (non-hydrogen) atoms. The van der Waals surface area contributed by atoms with Crippen LogP contribution in [0.1, 0.15) is 21.5 Å². The van der Waals surface area contributed by atoms with Gasteiger partial charge in [-0.3, -0.25) is 9.59 Å². The van der Waals surface area contributed by atoms with E-state index in [0.29, 0.717) is 16.8 Å². The van der Waals surface area contributed by atoms with Crippen molar-refractivity contribution in [3.63, 3.8) is 0 Å². The van der Waals surface area contributed by atoms with Crippen LogP contribution in [-0.2, 0) is 4.79 Å². The minimum Gasteiger partial charge on any atom is -0.493 e. The zero-order valence-corrected chi connectivity index (χ0v) is 18.7. The molecule has 0 unspecified atom stereocenters. The lowest BCUT2D eigenvalue weighted by atomic mass is 10.1. The van der Waals surface area contributed by atoms with Gasteiger partial charge in [0.1, 0.15) is 5.82 Å². The van der Waals surface area contributed by atoms with Crippen molar-refractivity contribution in [3.05, 3.63) is 88.2 Å². The van der Waals surface area contributed by atoms with Gasteiger partial charge in [-0.05, 0) is 61.0 Å². The molecule has 0 atom stereocenters. The maximum absolute atomic E-state index is 13.0. The summed E-state index contributed by atoms with van der Waals surface area (Å²) in [5, 5.41) is 6.72. The minimum absolute atomic E-state index is 0.175. The number of hydrazone groups is 1. The number of hydrogen-bond acceptors (Lipinski definition) is 5. The average molecular weight is 470 g/mol. The molecule has 0 aliphatic rings. The maximum atomic E-state index is 13.0. The lowest BCUT2D eigenvalue weighted by Crippen LogP contribution is -2.20. The summed E-state index contributed by atoms with van der Waals surface area (Å²) >= 11 is 6.30. The number of nitrogens with one attached hydrogen (secondary N) is 2. The number of aryl methyl sites for hydroxylation is 1. The summed E-state index contributed by atoms with van der Waals surface area (Å²) < 4.78 is 23.8. The van der Waals surface area contributed by atoms with Gasteiger partial charge in [-0.2, -0.15) is 5.10 Å². The van der Waals surface area contributed by atoms with Gasteiger partial charge in [-0.25, -0.2) is 9.82 Å². The zero-order chi connectivity index (χ0) is 23.8. The number of methoxy groups -OCH3 is 1. The normalized spacial score (nSPS) is 10.7. The van der Waals surface area contributed by atoms with E-state index in [1.54, 1.807) is 24.3 Å². The van der Waals surface area contributed by atoms with Crippen LogP contribution in [0.15, 0.2) is 65.8 Å². The molecule has 3 rings (SSSR count). The van der Waals surface area contributed by atoms with Crippen molar-refractivity contribution in [1.82, 2.24) is 5.43 Å². The molecule has 3 aromatic carbocycles. The first-order chi connectivity index (χ1) is 15.9. The molecular formula is C24H21ClFN3O4. The Kier molecular flexibility index (Phi) is 7.99. The van der Waals surface area contributed by atoms with Gasteiger partial charge in [0.25, 0.3) is 11.8 Å². The predicted molar refractivity (Wildman–Crippen MR) is 125 cm³/mol. The molecule has 2 N–H and O–H groups in total. The molecule has 170 valence electrons. The van der Waals surface area contributed by atoms with E-state index < -0.39 is 11.7 Å². The molecule has 0 radical (unpaired) electrons. The number of anilines is 1. The number of hydrogen-bond donors (Lipinski definition) is 2. The molecule has 0 saturated carbocycles. The van der Waals surface area contributed by atoms with Crippen molar-refractivity contribution >= 4 is 35.3 Å². The van der Waals surface area contributed by atoms with Gasteiger partial charge in [-0.1, -0.05) is 29.3 Å². The Bertz CT molecular complexity index is 1170. The van der Waals surface area contributed by atoms with Crippen molar-refractivity contribution in [2.24, 2.45) is 5.10 Å². The highest BCUT2D eigenvalue weighted by Crippen LogP contribution is 2.36. The van der Waals surface area contributed by atoms with E-state index in [1.807, 2.05) is 19.1 Å². The van der Waals surface area contributed by atoms with Crippen LogP contribution >= 0.6 is 11.6 Å². The van der Waals surface area contributed by atoms with Crippen LogP contribution in [0.4, 0.5) is 10.1 Å². The SMILES string of the molecule is COc1cc(C=NNC(=O)c2ccc(C)cc2)cc(Cl)c1OCC(=O)Nc1ccc(F)cc1. The predicted octanol–water partition coefficient (Wildman–Crippen LogP) is 4.58. The van der Waals surface area contributed by atoms with Crippen molar-refractivity contribution in [3.8, 4) is 11.5 Å². The molecule has 0 spiro atoms. The second kappa shape index (κ2) is 11.1. The Morgan fingerprint density at radius 2 is 1.79 bits per heavy atom. The molecule has 0 saturated heterocycles. The van der Waals surface area contributed by atoms with Crippen LogP contribution in [0.3, 0.4) is 0 Å². The van der Waals surface area contributed by atoms with E-state index in [9.17, 15) is 14.0 Å². The summed E-state index contributed by atoms with van der Waals surface area (Å²) in [6.07, 6.45) is 1.41. The van der Waals surface area contributed by atoms with Crippen LogP contribution < -0.4 is 20.2 Å². The van der Waals surface area contributed by atoms with Gasteiger partial charge in [0, 0.05) is 11.3 Å². The molecule has 0 aromatic heterocycles. The smallest absolute Gasteiger partial charge is 0.271 e. The number of ether oxygens (including phenoxy) is 2. The van der Waals surface area contributed by atoms with Gasteiger partial charge < -0.3 is 14.8 Å². The van der Waals surface area contributed by atoms with Crippen LogP contribution in [0.25, 0.3) is 0 Å². The van der Waals surface area contributed by atoms with Gasteiger partial charge in [0.15, 0.2) is 18.1 Å². The Hall–Kier alpha value is -3.91. The van der Waals surface area contributed by atoms with Crippen LogP contribution in [0.2, 0.25) is 5.02 Å². The van der Waals surface area contributed by atoms with E-state index in [0.717, 1.165) is 5.56 Å². The molecule has 7 nitrogen and oxygen atoms in total. The van der Waals surface area contributed by atoms with Crippen molar-refractivity contribution < 1.29 is 23.5 Å². The Balaban J connectivity index is 1.62. The first-order valence-corrected chi connectivity index (χ1v) is 10.2. The fourth-order valence-corrected chi connectivity index (χ4v) is 3.03. The summed E-state index contributed by atoms with van der Waals surface area (Å²) in [4.78, 5) is 24.2. The molecule has 3 aromatic rings. The Morgan fingerprint density at radius 3 is 2.45 bits per heavy atom. The maximum Gasteiger partial charge on any atom is 0.271 e. The number of nitrogens with zero attached hydrogens (tertiary/aromatic N) is 1. The highest BCUT2D eigenvalue weighted by atomic mass is 35.5. The summed E-state index contributed by atoms with van der Waals surface area (Å²) in [7, 11) is 1.43. The molecule has 0 aliphatic carbocycles. The summed E-state index contributed by atoms with van der Waals surface area (Å²) in [6, 6.07) is 15.6. The van der Waals surface area contributed by atoms with Gasteiger partial charge in [0.2, 0.25) is 0 Å². The lowest BCUT2D eigenvalue weighted by Gasteiger charge is -2.13. The quantitative estimate of drug-likeness (QED) is 0.373. The Labute approximate surface area is 195 Å². The monoisotopic (exact) mass is 469 g/mol. The highest BCUT2D eigenvalue weighted by Gasteiger charge is 2.14. The molecular weight excluding hydrogens is 449 g/mol. The Morgan fingerprint density at radius 1 is 1.09 bits per heavy atom. The fraction of sp³-hybridized carbons (Fsp3) is 0.125. The second-order valence-electron chi connectivity index (χ2n) is 6.94. The molecule has 9 heteroatoms. The van der Waals surface area contributed by atoms with Crippen molar-refractivity contribution in [1.29, 1.82) is 0 Å². The van der Waals surface area contributed by atoms with Gasteiger partial charge in [-0.15, -0.1) is 0 Å². The van der Waals surface area contributed by atoms with E-state index in [2.05, 4.69) is 15.8 Å². The van der Waals surface area contributed by atoms with Crippen LogP contribution in [0, 0.1) is 12.7 Å². The summed E-state index contributed by atoms with van der Waals surface area (Å²) in [5.41, 5.74) is 4.95.